The van der Waals surface area contributed by atoms with E-state index in [9.17, 15) is 0 Å². The van der Waals surface area contributed by atoms with Crippen LogP contribution in [0.15, 0.2) is 6.20 Å². The number of aryl methyl sites for hydroxylation is 1. The zero-order chi connectivity index (χ0) is 10.9. The lowest BCUT2D eigenvalue weighted by Gasteiger charge is -2.27. The third-order valence-corrected chi connectivity index (χ3v) is 4.36. The van der Waals surface area contributed by atoms with Crippen LogP contribution >= 0.6 is 11.3 Å². The first-order valence-electron chi connectivity index (χ1n) is 5.72. The van der Waals surface area contributed by atoms with Crippen LogP contribution in [0.2, 0.25) is 0 Å². The van der Waals surface area contributed by atoms with E-state index < -0.39 is 0 Å². The monoisotopic (exact) mass is 224 g/mol. The van der Waals surface area contributed by atoms with Crippen molar-refractivity contribution in [2.75, 3.05) is 0 Å². The lowest BCUT2D eigenvalue weighted by atomic mass is 9.87. The maximum absolute atomic E-state index is 4.28. The molecule has 1 aromatic heterocycles. The summed E-state index contributed by atoms with van der Waals surface area (Å²) in [6, 6.07) is 0.680. The Morgan fingerprint density at radius 1 is 1.60 bits per heavy atom. The predicted octanol–water partition coefficient (Wildman–Crippen LogP) is 3.12. The van der Waals surface area contributed by atoms with Crippen molar-refractivity contribution in [1.29, 1.82) is 0 Å². The van der Waals surface area contributed by atoms with Crippen molar-refractivity contribution < 1.29 is 0 Å². The molecule has 0 bridgehead atoms. The standard InChI is InChI=1S/C12H20N2S/c1-9-13-7-10(15-9)8-14-11-5-4-6-12(11,2)3/h7,11,14H,4-6,8H2,1-3H3. The van der Waals surface area contributed by atoms with Gasteiger partial charge in [-0.25, -0.2) is 4.98 Å². The number of rotatable bonds is 3. The van der Waals surface area contributed by atoms with Gasteiger partial charge in [-0.1, -0.05) is 20.3 Å². The van der Waals surface area contributed by atoms with Crippen molar-refractivity contribution in [2.24, 2.45) is 5.41 Å². The second kappa shape index (κ2) is 4.22. The van der Waals surface area contributed by atoms with Crippen LogP contribution in [-0.2, 0) is 6.54 Å². The van der Waals surface area contributed by atoms with Gasteiger partial charge in [-0.2, -0.15) is 0 Å². The SMILES string of the molecule is Cc1ncc(CNC2CCCC2(C)C)s1. The number of hydrogen-bond acceptors (Lipinski definition) is 3. The Labute approximate surface area is 96.1 Å². The second-order valence-electron chi connectivity index (χ2n) is 5.16. The highest BCUT2D eigenvalue weighted by molar-refractivity contribution is 7.11. The minimum Gasteiger partial charge on any atom is -0.309 e. The van der Waals surface area contributed by atoms with Crippen molar-refractivity contribution in [3.63, 3.8) is 0 Å². The normalized spacial score (nSPS) is 24.6. The van der Waals surface area contributed by atoms with Gasteiger partial charge in [-0.3, -0.25) is 0 Å². The summed E-state index contributed by atoms with van der Waals surface area (Å²) in [5.74, 6) is 0. The Balaban J connectivity index is 1.88. The number of aromatic nitrogens is 1. The molecule has 0 aromatic carbocycles. The van der Waals surface area contributed by atoms with Crippen molar-refractivity contribution in [1.82, 2.24) is 10.3 Å². The largest absolute Gasteiger partial charge is 0.309 e. The molecule has 84 valence electrons. The molecular weight excluding hydrogens is 204 g/mol. The third-order valence-electron chi connectivity index (χ3n) is 3.45. The molecule has 1 aromatic rings. The molecule has 15 heavy (non-hydrogen) atoms. The molecule has 1 aliphatic carbocycles. The van der Waals surface area contributed by atoms with E-state index in [0.717, 1.165) is 11.6 Å². The van der Waals surface area contributed by atoms with Gasteiger partial charge >= 0.3 is 0 Å². The fourth-order valence-electron chi connectivity index (χ4n) is 2.42. The van der Waals surface area contributed by atoms with E-state index in [0.29, 0.717) is 11.5 Å². The van der Waals surface area contributed by atoms with E-state index >= 15 is 0 Å². The van der Waals surface area contributed by atoms with Crippen LogP contribution in [0.25, 0.3) is 0 Å². The predicted molar refractivity (Wildman–Crippen MR) is 65.1 cm³/mol. The summed E-state index contributed by atoms with van der Waals surface area (Å²) in [7, 11) is 0. The van der Waals surface area contributed by atoms with Crippen LogP contribution in [-0.4, -0.2) is 11.0 Å². The molecular formula is C12H20N2S. The molecule has 2 rings (SSSR count). The van der Waals surface area contributed by atoms with Crippen LogP contribution in [0.3, 0.4) is 0 Å². The Hall–Kier alpha value is -0.410. The Bertz CT molecular complexity index is 330. The smallest absolute Gasteiger partial charge is 0.0897 e. The number of thiazole rings is 1. The molecule has 0 aliphatic heterocycles. The van der Waals surface area contributed by atoms with Gasteiger partial charge in [0.25, 0.3) is 0 Å². The molecule has 1 aliphatic rings. The van der Waals surface area contributed by atoms with Gasteiger partial charge in [0.2, 0.25) is 0 Å². The molecule has 0 saturated heterocycles. The summed E-state index contributed by atoms with van der Waals surface area (Å²) in [4.78, 5) is 5.63. The van der Waals surface area contributed by atoms with Crippen LogP contribution in [0.1, 0.15) is 43.0 Å². The van der Waals surface area contributed by atoms with E-state index in [2.05, 4.69) is 31.1 Å². The van der Waals surface area contributed by atoms with Crippen LogP contribution in [0.4, 0.5) is 0 Å². The van der Waals surface area contributed by atoms with Gasteiger partial charge < -0.3 is 5.32 Å². The summed E-state index contributed by atoms with van der Waals surface area (Å²) in [6.07, 6.45) is 6.04. The Morgan fingerprint density at radius 3 is 2.93 bits per heavy atom. The molecule has 0 radical (unpaired) electrons. The van der Waals surface area contributed by atoms with Crippen LogP contribution in [0, 0.1) is 12.3 Å². The average Bonchev–Trinajstić information content (AvgIpc) is 2.69. The van der Waals surface area contributed by atoms with E-state index in [4.69, 9.17) is 0 Å². The molecule has 1 N–H and O–H groups in total. The second-order valence-corrected chi connectivity index (χ2v) is 6.48. The van der Waals surface area contributed by atoms with Crippen molar-refractivity contribution in [2.45, 2.75) is 52.6 Å². The topological polar surface area (TPSA) is 24.9 Å². The molecule has 1 saturated carbocycles. The molecule has 2 nitrogen and oxygen atoms in total. The van der Waals surface area contributed by atoms with Gasteiger partial charge in [0.1, 0.15) is 0 Å². The quantitative estimate of drug-likeness (QED) is 0.853. The maximum Gasteiger partial charge on any atom is 0.0897 e. The fourth-order valence-corrected chi connectivity index (χ4v) is 3.16. The van der Waals surface area contributed by atoms with Crippen molar-refractivity contribution in [3.05, 3.63) is 16.1 Å². The van der Waals surface area contributed by atoms with Gasteiger partial charge in [-0.15, -0.1) is 11.3 Å². The molecule has 3 heteroatoms. The van der Waals surface area contributed by atoms with Crippen LogP contribution < -0.4 is 5.32 Å². The molecule has 0 amide bonds. The summed E-state index contributed by atoms with van der Waals surface area (Å²) in [5, 5.41) is 4.84. The molecule has 0 spiro atoms. The first-order chi connectivity index (χ1) is 7.08. The highest BCUT2D eigenvalue weighted by atomic mass is 32.1. The van der Waals surface area contributed by atoms with E-state index in [1.165, 1.54) is 24.1 Å². The number of hydrogen-bond donors (Lipinski definition) is 1. The summed E-state index contributed by atoms with van der Waals surface area (Å²) >= 11 is 1.80. The minimum atomic E-state index is 0.472. The summed E-state index contributed by atoms with van der Waals surface area (Å²) in [5.41, 5.74) is 0.472. The van der Waals surface area contributed by atoms with E-state index in [1.54, 1.807) is 11.3 Å². The third kappa shape index (κ3) is 2.58. The lowest BCUT2D eigenvalue weighted by molar-refractivity contribution is 0.283. The fraction of sp³-hybridized carbons (Fsp3) is 0.750. The zero-order valence-corrected chi connectivity index (χ0v) is 10.7. The zero-order valence-electron chi connectivity index (χ0n) is 9.84. The first kappa shape index (κ1) is 11.1. The van der Waals surface area contributed by atoms with Crippen LogP contribution in [0.5, 0.6) is 0 Å². The highest BCUT2D eigenvalue weighted by Crippen LogP contribution is 2.37. The molecule has 1 atom stereocenters. The van der Waals surface area contributed by atoms with Crippen molar-refractivity contribution in [3.8, 4) is 0 Å². The minimum absolute atomic E-state index is 0.472. The van der Waals surface area contributed by atoms with Gasteiger partial charge in [-0.05, 0) is 25.2 Å². The van der Waals surface area contributed by atoms with Crippen molar-refractivity contribution >= 4 is 11.3 Å². The summed E-state index contributed by atoms with van der Waals surface area (Å²) in [6.45, 7) is 7.79. The molecule has 1 heterocycles. The average molecular weight is 224 g/mol. The van der Waals surface area contributed by atoms with Gasteiger partial charge in [0, 0.05) is 23.7 Å². The maximum atomic E-state index is 4.28. The number of nitrogens with one attached hydrogen (secondary N) is 1. The van der Waals surface area contributed by atoms with E-state index in [1.807, 2.05) is 6.20 Å². The number of nitrogens with zero attached hydrogens (tertiary/aromatic N) is 1. The highest BCUT2D eigenvalue weighted by Gasteiger charge is 2.33. The Morgan fingerprint density at radius 2 is 2.40 bits per heavy atom. The summed E-state index contributed by atoms with van der Waals surface area (Å²) < 4.78 is 0. The van der Waals surface area contributed by atoms with Gasteiger partial charge in [0.05, 0.1) is 5.01 Å². The Kier molecular flexibility index (Phi) is 3.12. The van der Waals surface area contributed by atoms with E-state index in [-0.39, 0.29) is 0 Å². The van der Waals surface area contributed by atoms with Gasteiger partial charge in [0.15, 0.2) is 0 Å². The first-order valence-corrected chi connectivity index (χ1v) is 6.54. The lowest BCUT2D eigenvalue weighted by Crippen LogP contribution is -2.36. The molecule has 1 unspecified atom stereocenters. The molecule has 1 fully saturated rings.